The Bertz CT molecular complexity index is 410. The third-order valence-electron chi connectivity index (χ3n) is 4.77. The average Bonchev–Trinajstić information content (AvgIpc) is 2.79. The van der Waals surface area contributed by atoms with Crippen LogP contribution in [-0.4, -0.2) is 13.7 Å². The van der Waals surface area contributed by atoms with E-state index in [-0.39, 0.29) is 0 Å². The number of hydrogen-bond donors (Lipinski definition) is 1. The molecule has 1 N–H and O–H groups in total. The summed E-state index contributed by atoms with van der Waals surface area (Å²) < 4.78 is 5.67. The Morgan fingerprint density at radius 1 is 1.30 bits per heavy atom. The van der Waals surface area contributed by atoms with Gasteiger partial charge in [-0.25, -0.2) is 0 Å². The van der Waals surface area contributed by atoms with Gasteiger partial charge < -0.3 is 10.1 Å². The van der Waals surface area contributed by atoms with Crippen LogP contribution in [0.2, 0.25) is 0 Å². The Morgan fingerprint density at radius 2 is 2.00 bits per heavy atom. The minimum atomic E-state index is 0.436. The normalized spacial score (nSPS) is 22.7. The molecule has 2 nitrogen and oxygen atoms in total. The summed E-state index contributed by atoms with van der Waals surface area (Å²) in [5, 5.41) is 3.54. The van der Waals surface area contributed by atoms with Gasteiger partial charge in [-0.15, -0.1) is 0 Å². The van der Waals surface area contributed by atoms with Crippen molar-refractivity contribution in [3.8, 4) is 5.75 Å². The van der Waals surface area contributed by atoms with Gasteiger partial charge in [0.05, 0.1) is 6.61 Å². The predicted molar refractivity (Wildman–Crippen MR) is 85.2 cm³/mol. The lowest BCUT2D eigenvalue weighted by atomic mass is 9.75. The lowest BCUT2D eigenvalue weighted by Crippen LogP contribution is -2.31. The monoisotopic (exact) mass is 275 g/mol. The molecule has 20 heavy (non-hydrogen) atoms. The second-order valence-corrected chi connectivity index (χ2v) is 6.67. The van der Waals surface area contributed by atoms with Crippen molar-refractivity contribution in [3.63, 3.8) is 0 Å². The van der Waals surface area contributed by atoms with Gasteiger partial charge in [-0.2, -0.15) is 0 Å². The van der Waals surface area contributed by atoms with E-state index >= 15 is 0 Å². The van der Waals surface area contributed by atoms with E-state index in [1.807, 2.05) is 0 Å². The number of benzene rings is 1. The maximum Gasteiger partial charge on any atom is 0.119 e. The molecule has 0 bridgehead atoms. The molecule has 0 aromatic heterocycles. The summed E-state index contributed by atoms with van der Waals surface area (Å²) in [5.41, 5.74) is 1.82. The maximum absolute atomic E-state index is 5.67. The Hall–Kier alpha value is -1.02. The smallest absolute Gasteiger partial charge is 0.119 e. The van der Waals surface area contributed by atoms with Crippen molar-refractivity contribution < 1.29 is 4.74 Å². The summed E-state index contributed by atoms with van der Waals surface area (Å²) >= 11 is 0. The van der Waals surface area contributed by atoms with Gasteiger partial charge in [-0.05, 0) is 55.3 Å². The fraction of sp³-hybridized carbons (Fsp3) is 0.667. The molecule has 0 saturated heterocycles. The van der Waals surface area contributed by atoms with E-state index in [4.69, 9.17) is 4.74 Å². The first kappa shape index (κ1) is 15.4. The highest BCUT2D eigenvalue weighted by atomic mass is 16.5. The third-order valence-corrected chi connectivity index (χ3v) is 4.77. The maximum atomic E-state index is 5.67. The number of rotatable bonds is 6. The molecule has 0 radical (unpaired) electrons. The van der Waals surface area contributed by atoms with Crippen LogP contribution in [0.25, 0.3) is 0 Å². The topological polar surface area (TPSA) is 21.3 Å². The Labute approximate surface area is 123 Å². The Balaban J connectivity index is 2.11. The number of ether oxygens (including phenoxy) is 1. The summed E-state index contributed by atoms with van der Waals surface area (Å²) in [6.07, 6.45) is 5.07. The van der Waals surface area contributed by atoms with Crippen LogP contribution >= 0.6 is 0 Å². The van der Waals surface area contributed by atoms with Crippen LogP contribution in [0.4, 0.5) is 0 Å². The summed E-state index contributed by atoms with van der Waals surface area (Å²) in [6.45, 7) is 7.75. The fourth-order valence-electron chi connectivity index (χ4n) is 3.56. The van der Waals surface area contributed by atoms with Crippen LogP contribution in [-0.2, 0) is 0 Å². The summed E-state index contributed by atoms with van der Waals surface area (Å²) in [7, 11) is 2.08. The van der Waals surface area contributed by atoms with Crippen LogP contribution in [0.3, 0.4) is 0 Å². The molecular weight excluding hydrogens is 246 g/mol. The largest absolute Gasteiger partial charge is 0.494 e. The van der Waals surface area contributed by atoms with E-state index < -0.39 is 0 Å². The lowest BCUT2D eigenvalue weighted by Gasteiger charge is -2.34. The predicted octanol–water partition coefficient (Wildman–Crippen LogP) is 4.56. The Kier molecular flexibility index (Phi) is 5.09. The molecule has 1 aliphatic rings. The first-order valence-corrected chi connectivity index (χ1v) is 7.98. The number of nitrogens with one attached hydrogen (secondary N) is 1. The first-order valence-electron chi connectivity index (χ1n) is 7.98. The lowest BCUT2D eigenvalue weighted by molar-refractivity contribution is 0.203. The van der Waals surface area contributed by atoms with E-state index in [1.54, 1.807) is 0 Å². The van der Waals surface area contributed by atoms with E-state index in [0.717, 1.165) is 24.7 Å². The second-order valence-electron chi connectivity index (χ2n) is 6.67. The Morgan fingerprint density at radius 3 is 2.50 bits per heavy atom. The van der Waals surface area contributed by atoms with Crippen molar-refractivity contribution in [2.45, 2.75) is 52.5 Å². The minimum Gasteiger partial charge on any atom is -0.494 e. The molecule has 1 aliphatic carbocycles. The quantitative estimate of drug-likeness (QED) is 0.821. The summed E-state index contributed by atoms with van der Waals surface area (Å²) in [6, 6.07) is 9.11. The standard InChI is InChI=1S/C18H29NO/c1-5-13-20-15-10-8-14(9-11-15)17(19-4)16-7-6-12-18(16,2)3/h8-11,16-17,19H,5-7,12-13H2,1-4H3. The van der Waals surface area contributed by atoms with Crippen LogP contribution in [0.1, 0.15) is 58.1 Å². The average molecular weight is 275 g/mol. The minimum absolute atomic E-state index is 0.436. The molecule has 112 valence electrons. The van der Waals surface area contributed by atoms with Gasteiger partial charge in [0.25, 0.3) is 0 Å². The molecular formula is C18H29NO. The SMILES string of the molecule is CCCOc1ccc(C(NC)C2CCCC2(C)C)cc1. The summed E-state index contributed by atoms with van der Waals surface area (Å²) in [5.74, 6) is 1.70. The highest BCUT2D eigenvalue weighted by Crippen LogP contribution is 2.48. The van der Waals surface area contributed by atoms with Crippen molar-refractivity contribution in [3.05, 3.63) is 29.8 Å². The van der Waals surface area contributed by atoms with Gasteiger partial charge in [0.2, 0.25) is 0 Å². The molecule has 2 rings (SSSR count). The molecule has 1 aromatic carbocycles. The van der Waals surface area contributed by atoms with Gasteiger partial charge >= 0.3 is 0 Å². The molecule has 2 atom stereocenters. The van der Waals surface area contributed by atoms with Gasteiger partial charge in [-0.3, -0.25) is 0 Å². The molecule has 1 fully saturated rings. The molecule has 2 heteroatoms. The highest BCUT2D eigenvalue weighted by molar-refractivity contribution is 5.30. The van der Waals surface area contributed by atoms with E-state index in [2.05, 4.69) is 57.4 Å². The number of hydrogen-bond acceptors (Lipinski definition) is 2. The molecule has 1 saturated carbocycles. The van der Waals surface area contributed by atoms with Crippen LogP contribution in [0, 0.1) is 11.3 Å². The molecule has 0 aliphatic heterocycles. The van der Waals surface area contributed by atoms with E-state index in [1.165, 1.54) is 24.8 Å². The molecule has 2 unspecified atom stereocenters. The van der Waals surface area contributed by atoms with E-state index in [0.29, 0.717) is 11.5 Å². The molecule has 1 aromatic rings. The molecule has 0 amide bonds. The van der Waals surface area contributed by atoms with Crippen LogP contribution in [0.5, 0.6) is 5.75 Å². The zero-order valence-corrected chi connectivity index (χ0v) is 13.4. The third kappa shape index (κ3) is 3.35. The van der Waals surface area contributed by atoms with Crippen molar-refractivity contribution in [1.29, 1.82) is 0 Å². The molecule has 0 spiro atoms. The van der Waals surface area contributed by atoms with Crippen molar-refractivity contribution in [1.82, 2.24) is 5.32 Å². The van der Waals surface area contributed by atoms with Gasteiger partial charge in [0.1, 0.15) is 5.75 Å². The van der Waals surface area contributed by atoms with E-state index in [9.17, 15) is 0 Å². The van der Waals surface area contributed by atoms with Crippen molar-refractivity contribution >= 4 is 0 Å². The van der Waals surface area contributed by atoms with Crippen molar-refractivity contribution in [2.75, 3.05) is 13.7 Å². The second kappa shape index (κ2) is 6.62. The van der Waals surface area contributed by atoms with Gasteiger partial charge in [0, 0.05) is 6.04 Å². The van der Waals surface area contributed by atoms with Crippen LogP contribution < -0.4 is 10.1 Å². The zero-order valence-electron chi connectivity index (χ0n) is 13.4. The van der Waals surface area contributed by atoms with Gasteiger partial charge in [-0.1, -0.05) is 39.3 Å². The fourth-order valence-corrected chi connectivity index (χ4v) is 3.56. The summed E-state index contributed by atoms with van der Waals surface area (Å²) in [4.78, 5) is 0. The zero-order chi connectivity index (χ0) is 14.6. The highest BCUT2D eigenvalue weighted by Gasteiger charge is 2.39. The first-order chi connectivity index (χ1) is 9.58. The van der Waals surface area contributed by atoms with Crippen LogP contribution in [0.15, 0.2) is 24.3 Å². The van der Waals surface area contributed by atoms with Crippen molar-refractivity contribution in [2.24, 2.45) is 11.3 Å². The van der Waals surface area contributed by atoms with Gasteiger partial charge in [0.15, 0.2) is 0 Å². The molecule has 0 heterocycles.